The van der Waals surface area contributed by atoms with E-state index in [-0.39, 0.29) is 37.6 Å². The highest BCUT2D eigenvalue weighted by Gasteiger charge is 2.36. The van der Waals surface area contributed by atoms with E-state index in [0.29, 0.717) is 18.2 Å². The fourth-order valence-corrected chi connectivity index (χ4v) is 6.35. The predicted molar refractivity (Wildman–Crippen MR) is 158 cm³/mol. The molecule has 3 heterocycles. The molecule has 0 radical (unpaired) electrons. The lowest BCUT2D eigenvalue weighted by Crippen LogP contribution is -2.45. The van der Waals surface area contributed by atoms with Crippen LogP contribution in [0.3, 0.4) is 0 Å². The average molecular weight is 581 g/mol. The molecular formula is C32H44N4O6. The summed E-state index contributed by atoms with van der Waals surface area (Å²) in [6.07, 6.45) is 5.55. The van der Waals surface area contributed by atoms with Crippen molar-refractivity contribution < 1.29 is 29.4 Å². The summed E-state index contributed by atoms with van der Waals surface area (Å²) in [5, 5.41) is 21.0. The van der Waals surface area contributed by atoms with Crippen LogP contribution in [0.25, 0.3) is 0 Å². The van der Waals surface area contributed by atoms with E-state index in [0.717, 1.165) is 42.7 Å². The maximum Gasteiger partial charge on any atom is 0.243 e. The summed E-state index contributed by atoms with van der Waals surface area (Å²) in [7, 11) is 0. The van der Waals surface area contributed by atoms with Gasteiger partial charge in [0.25, 0.3) is 0 Å². The molecule has 2 aromatic rings. The summed E-state index contributed by atoms with van der Waals surface area (Å²) in [6, 6.07) is 16.0. The fraction of sp³-hybridized carbons (Fsp3) is 0.562. The molecule has 2 aromatic carbocycles. The summed E-state index contributed by atoms with van der Waals surface area (Å²) in [5.41, 5.74) is 4.95. The van der Waals surface area contributed by atoms with Crippen molar-refractivity contribution in [2.45, 2.75) is 82.5 Å². The molecule has 0 aromatic heterocycles. The zero-order chi connectivity index (χ0) is 29.3. The number of ether oxygens (including phenoxy) is 2. The van der Waals surface area contributed by atoms with E-state index in [2.05, 4.69) is 15.1 Å². The fourth-order valence-electron chi connectivity index (χ4n) is 6.35. The molecule has 0 unspecified atom stereocenters. The van der Waals surface area contributed by atoms with Gasteiger partial charge >= 0.3 is 0 Å². The Morgan fingerprint density at radius 2 is 1.69 bits per heavy atom. The first-order valence-electron chi connectivity index (χ1n) is 15.3. The minimum Gasteiger partial charge on any atom is -0.392 e. The van der Waals surface area contributed by atoms with Gasteiger partial charge in [0.05, 0.1) is 18.8 Å². The quantitative estimate of drug-likeness (QED) is 0.220. The van der Waals surface area contributed by atoms with Crippen molar-refractivity contribution in [1.82, 2.24) is 15.3 Å². The van der Waals surface area contributed by atoms with Gasteiger partial charge in [-0.3, -0.25) is 19.7 Å². The summed E-state index contributed by atoms with van der Waals surface area (Å²) < 4.78 is 13.1. The summed E-state index contributed by atoms with van der Waals surface area (Å²) >= 11 is 0. The number of hydroxylamine groups is 1. The molecule has 4 atom stereocenters. The molecule has 3 aliphatic rings. The zero-order valence-electron chi connectivity index (χ0n) is 24.2. The predicted octanol–water partition coefficient (Wildman–Crippen LogP) is 3.90. The van der Waals surface area contributed by atoms with Gasteiger partial charge in [-0.1, -0.05) is 36.4 Å². The Morgan fingerprint density at radius 1 is 0.905 bits per heavy atom. The van der Waals surface area contributed by atoms with Crippen LogP contribution in [0.4, 0.5) is 5.69 Å². The van der Waals surface area contributed by atoms with Crippen LogP contribution in [0.1, 0.15) is 80.5 Å². The first-order valence-corrected chi connectivity index (χ1v) is 15.3. The number of likely N-dealkylation sites (tertiary alicyclic amines) is 2. The van der Waals surface area contributed by atoms with Gasteiger partial charge in [-0.25, -0.2) is 5.48 Å². The Bertz CT molecular complexity index is 1170. The molecule has 3 saturated heterocycles. The van der Waals surface area contributed by atoms with Gasteiger partial charge < -0.3 is 24.8 Å². The van der Waals surface area contributed by atoms with E-state index in [9.17, 15) is 14.7 Å². The molecule has 4 N–H and O–H groups in total. The molecule has 3 aliphatic heterocycles. The summed E-state index contributed by atoms with van der Waals surface area (Å²) in [5.74, 6) is -0.719. The molecule has 0 aliphatic carbocycles. The Balaban J connectivity index is 1.28. The largest absolute Gasteiger partial charge is 0.392 e. The van der Waals surface area contributed by atoms with E-state index < -0.39 is 12.2 Å². The Morgan fingerprint density at radius 3 is 2.45 bits per heavy atom. The number of amides is 2. The van der Waals surface area contributed by atoms with Gasteiger partial charge in [-0.2, -0.15) is 0 Å². The Labute approximate surface area is 247 Å². The third kappa shape index (κ3) is 8.37. The van der Waals surface area contributed by atoms with Crippen molar-refractivity contribution in [3.05, 3.63) is 65.2 Å². The lowest BCUT2D eigenvalue weighted by molar-refractivity contribution is -0.253. The number of benzene rings is 2. The van der Waals surface area contributed by atoms with Crippen molar-refractivity contribution >= 4 is 17.5 Å². The van der Waals surface area contributed by atoms with Crippen LogP contribution >= 0.6 is 0 Å². The molecule has 0 spiro atoms. The maximum atomic E-state index is 12.5. The second-order valence-electron chi connectivity index (χ2n) is 11.7. The molecule has 0 bridgehead atoms. The second-order valence-corrected chi connectivity index (χ2v) is 11.7. The van der Waals surface area contributed by atoms with Crippen LogP contribution < -0.4 is 10.8 Å². The van der Waals surface area contributed by atoms with Gasteiger partial charge in [0.2, 0.25) is 11.8 Å². The van der Waals surface area contributed by atoms with Gasteiger partial charge in [0, 0.05) is 49.6 Å². The number of carbonyl (C=O) groups is 2. The number of anilines is 1. The minimum atomic E-state index is -0.601. The number of nitrogens with zero attached hydrogens (tertiary/aromatic N) is 2. The van der Waals surface area contributed by atoms with Crippen LogP contribution in [0, 0.1) is 0 Å². The first-order chi connectivity index (χ1) is 20.5. The standard InChI is InChI=1S/C32H44N4O6/c37-22-23-11-13-24(14-12-23)29-19-28(21-36-17-5-8-27(36)20-35-15-1-2-16-35)41-32(42-29)25-6-3-7-26(18-25)33-30(38)9-4-10-31(39)34-40/h3,6-7,11-14,18,27-29,32,37,40H,1-2,4-5,8-10,15-17,19-22H2,(H,33,38)(H,34,39)/t27-,28-,29+,32+/m0/s1. The number of aliphatic hydroxyl groups is 1. The van der Waals surface area contributed by atoms with E-state index in [4.69, 9.17) is 14.7 Å². The number of rotatable bonds is 12. The third-order valence-corrected chi connectivity index (χ3v) is 8.59. The zero-order valence-corrected chi connectivity index (χ0v) is 24.2. The SMILES string of the molecule is O=C(CCCC(=O)Nc1cccc([C@@H]2O[C@H](CN3CCC[C@H]3CN3CCCC3)C[C@H](c3ccc(CO)cc3)O2)c1)NO. The lowest BCUT2D eigenvalue weighted by atomic mass is 9.99. The van der Waals surface area contributed by atoms with Gasteiger partial charge in [0.1, 0.15) is 0 Å². The second kappa shape index (κ2) is 15.0. The number of aliphatic hydroxyl groups excluding tert-OH is 1. The van der Waals surface area contributed by atoms with Crippen molar-refractivity contribution in [1.29, 1.82) is 0 Å². The van der Waals surface area contributed by atoms with E-state index in [1.54, 1.807) is 5.48 Å². The lowest BCUT2D eigenvalue weighted by Gasteiger charge is -2.39. The molecule has 228 valence electrons. The highest BCUT2D eigenvalue weighted by molar-refractivity contribution is 5.91. The number of hydrogen-bond donors (Lipinski definition) is 4. The first kappa shape index (κ1) is 30.6. The highest BCUT2D eigenvalue weighted by atomic mass is 16.7. The van der Waals surface area contributed by atoms with E-state index in [1.807, 2.05) is 48.5 Å². The Hall–Kier alpha value is -2.86. The van der Waals surface area contributed by atoms with Crippen LogP contribution in [-0.2, 0) is 25.7 Å². The number of hydrogen-bond acceptors (Lipinski definition) is 8. The van der Waals surface area contributed by atoms with Crippen LogP contribution in [-0.4, -0.2) is 76.8 Å². The van der Waals surface area contributed by atoms with Crippen molar-refractivity contribution in [2.24, 2.45) is 0 Å². The monoisotopic (exact) mass is 580 g/mol. The number of nitrogens with one attached hydrogen (secondary N) is 2. The average Bonchev–Trinajstić information content (AvgIpc) is 3.69. The maximum absolute atomic E-state index is 12.5. The molecular weight excluding hydrogens is 536 g/mol. The molecule has 5 rings (SSSR count). The Kier molecular flexibility index (Phi) is 11.0. The molecule has 0 saturated carbocycles. The summed E-state index contributed by atoms with van der Waals surface area (Å²) in [6.45, 7) is 5.47. The molecule has 3 fully saturated rings. The van der Waals surface area contributed by atoms with Crippen LogP contribution in [0.15, 0.2) is 48.5 Å². The minimum absolute atomic E-state index is 0.000670. The molecule has 2 amide bonds. The van der Waals surface area contributed by atoms with Gasteiger partial charge in [-0.05, 0) is 75.0 Å². The van der Waals surface area contributed by atoms with Crippen LogP contribution in [0.5, 0.6) is 0 Å². The smallest absolute Gasteiger partial charge is 0.243 e. The van der Waals surface area contributed by atoms with E-state index >= 15 is 0 Å². The van der Waals surface area contributed by atoms with Crippen molar-refractivity contribution in [3.8, 4) is 0 Å². The highest BCUT2D eigenvalue weighted by Crippen LogP contribution is 2.39. The summed E-state index contributed by atoms with van der Waals surface area (Å²) in [4.78, 5) is 28.9. The van der Waals surface area contributed by atoms with Gasteiger partial charge in [0.15, 0.2) is 6.29 Å². The van der Waals surface area contributed by atoms with Gasteiger partial charge in [-0.15, -0.1) is 0 Å². The third-order valence-electron chi connectivity index (χ3n) is 8.59. The normalized spacial score (nSPS) is 25.0. The van der Waals surface area contributed by atoms with Crippen molar-refractivity contribution in [3.63, 3.8) is 0 Å². The van der Waals surface area contributed by atoms with Crippen molar-refractivity contribution in [2.75, 3.05) is 38.0 Å². The van der Waals surface area contributed by atoms with Crippen LogP contribution in [0.2, 0.25) is 0 Å². The van der Waals surface area contributed by atoms with E-state index in [1.165, 1.54) is 38.8 Å². The molecule has 42 heavy (non-hydrogen) atoms. The molecule has 10 heteroatoms. The molecule has 10 nitrogen and oxygen atoms in total. The number of carbonyl (C=O) groups excluding carboxylic acids is 2. The topological polar surface area (TPSA) is 124 Å².